The molecule has 1 aromatic rings. The van der Waals surface area contributed by atoms with Gasteiger partial charge in [-0.05, 0) is 60.2 Å². The van der Waals surface area contributed by atoms with Crippen LogP contribution in [0.15, 0.2) is 14.1 Å². The Balaban J connectivity index is 1.87. The molecule has 7 heteroatoms. The first-order valence-electron chi connectivity index (χ1n) is 6.36. The van der Waals surface area contributed by atoms with E-state index in [1.165, 1.54) is 17.8 Å². The van der Waals surface area contributed by atoms with Crippen molar-refractivity contribution in [2.45, 2.75) is 42.9 Å². The van der Waals surface area contributed by atoms with Gasteiger partial charge in [-0.15, -0.1) is 11.3 Å². The molecule has 1 aliphatic rings. The van der Waals surface area contributed by atoms with Crippen LogP contribution in [0.2, 0.25) is 0 Å². The van der Waals surface area contributed by atoms with Crippen LogP contribution in [-0.4, -0.2) is 27.7 Å². The molecule has 19 heavy (non-hydrogen) atoms. The quantitative estimate of drug-likeness (QED) is 0.869. The molecule has 0 radical (unpaired) electrons. The lowest BCUT2D eigenvalue weighted by atomic mass is 10.1. The zero-order chi connectivity index (χ0) is 13.9. The van der Waals surface area contributed by atoms with Crippen molar-refractivity contribution in [1.29, 1.82) is 0 Å². The Morgan fingerprint density at radius 2 is 2.32 bits per heavy atom. The number of halogens is 1. The Kier molecular flexibility index (Phi) is 5.42. The number of sulfonamides is 1. The van der Waals surface area contributed by atoms with Crippen molar-refractivity contribution < 1.29 is 13.2 Å². The van der Waals surface area contributed by atoms with Crippen molar-refractivity contribution >= 4 is 37.3 Å². The minimum atomic E-state index is -3.38. The zero-order valence-corrected chi connectivity index (χ0v) is 14.0. The molecule has 1 N–H and O–H groups in total. The maximum absolute atomic E-state index is 12.1. The summed E-state index contributed by atoms with van der Waals surface area (Å²) >= 11 is 4.59. The summed E-state index contributed by atoms with van der Waals surface area (Å²) in [4.78, 5) is 0. The highest BCUT2D eigenvalue weighted by Gasteiger charge is 2.19. The molecule has 0 amide bonds. The molecule has 108 valence electrons. The monoisotopic (exact) mass is 367 g/mol. The third-order valence-corrected chi connectivity index (χ3v) is 7.20. The molecule has 0 spiro atoms. The highest BCUT2D eigenvalue weighted by molar-refractivity contribution is 9.11. The van der Waals surface area contributed by atoms with Crippen LogP contribution in [0.25, 0.3) is 0 Å². The summed E-state index contributed by atoms with van der Waals surface area (Å²) in [7, 11) is -3.38. The smallest absolute Gasteiger partial charge is 0.250 e. The van der Waals surface area contributed by atoms with Crippen LogP contribution in [0.4, 0.5) is 0 Å². The molecule has 4 nitrogen and oxygen atoms in total. The Labute approximate surface area is 126 Å². The SMILES string of the molecule is Cc1cc(S(=O)(=O)NCCC2CCCCO2)sc1Br. The summed E-state index contributed by atoms with van der Waals surface area (Å²) in [6, 6.07) is 1.69. The second kappa shape index (κ2) is 6.67. The highest BCUT2D eigenvalue weighted by Crippen LogP contribution is 2.30. The second-order valence-electron chi connectivity index (χ2n) is 4.70. The van der Waals surface area contributed by atoms with Crippen LogP contribution in [-0.2, 0) is 14.8 Å². The molecule has 1 atom stereocenters. The van der Waals surface area contributed by atoms with E-state index in [0.717, 1.165) is 35.2 Å². The van der Waals surface area contributed by atoms with Crippen molar-refractivity contribution in [2.24, 2.45) is 0 Å². The van der Waals surface area contributed by atoms with Crippen LogP contribution in [0.1, 0.15) is 31.2 Å². The molecule has 0 aliphatic carbocycles. The summed E-state index contributed by atoms with van der Waals surface area (Å²) in [5.74, 6) is 0. The van der Waals surface area contributed by atoms with Gasteiger partial charge in [0, 0.05) is 13.2 Å². The number of aryl methyl sites for hydroxylation is 1. The number of hydrogen-bond acceptors (Lipinski definition) is 4. The van der Waals surface area contributed by atoms with Gasteiger partial charge < -0.3 is 4.74 Å². The van der Waals surface area contributed by atoms with E-state index < -0.39 is 10.0 Å². The summed E-state index contributed by atoms with van der Waals surface area (Å²) in [5.41, 5.74) is 0.945. The van der Waals surface area contributed by atoms with Gasteiger partial charge in [-0.1, -0.05) is 0 Å². The van der Waals surface area contributed by atoms with Crippen molar-refractivity contribution in [3.63, 3.8) is 0 Å². The van der Waals surface area contributed by atoms with E-state index in [4.69, 9.17) is 4.74 Å². The fourth-order valence-corrected chi connectivity index (χ4v) is 5.34. The zero-order valence-electron chi connectivity index (χ0n) is 10.8. The summed E-state index contributed by atoms with van der Waals surface area (Å²) in [6.45, 7) is 3.12. The van der Waals surface area contributed by atoms with Gasteiger partial charge in [0.15, 0.2) is 0 Å². The molecular formula is C12H18BrNO3S2. The molecule has 1 unspecified atom stereocenters. The van der Waals surface area contributed by atoms with Crippen LogP contribution in [0.5, 0.6) is 0 Å². The first-order chi connectivity index (χ1) is 8.99. The maximum atomic E-state index is 12.1. The number of hydrogen-bond donors (Lipinski definition) is 1. The summed E-state index contributed by atoms with van der Waals surface area (Å²) in [6.07, 6.45) is 4.27. The van der Waals surface area contributed by atoms with Gasteiger partial charge in [-0.3, -0.25) is 0 Å². The first-order valence-corrected chi connectivity index (χ1v) is 9.45. The Bertz CT molecular complexity index is 502. The van der Waals surface area contributed by atoms with E-state index in [2.05, 4.69) is 20.7 Å². The average Bonchev–Trinajstić information content (AvgIpc) is 2.72. The lowest BCUT2D eigenvalue weighted by Gasteiger charge is -2.22. The van der Waals surface area contributed by atoms with Crippen LogP contribution >= 0.6 is 27.3 Å². The van der Waals surface area contributed by atoms with E-state index in [9.17, 15) is 8.42 Å². The molecule has 0 bridgehead atoms. The van der Waals surface area contributed by atoms with Crippen LogP contribution in [0, 0.1) is 6.92 Å². The molecular weight excluding hydrogens is 350 g/mol. The lowest BCUT2D eigenvalue weighted by molar-refractivity contribution is 0.0123. The van der Waals surface area contributed by atoms with Gasteiger partial charge in [-0.25, -0.2) is 13.1 Å². The van der Waals surface area contributed by atoms with Gasteiger partial charge in [0.25, 0.3) is 0 Å². The molecule has 2 rings (SSSR count). The van der Waals surface area contributed by atoms with Crippen molar-refractivity contribution in [3.8, 4) is 0 Å². The maximum Gasteiger partial charge on any atom is 0.250 e. The van der Waals surface area contributed by atoms with Crippen molar-refractivity contribution in [3.05, 3.63) is 15.4 Å². The number of rotatable bonds is 5. The minimum Gasteiger partial charge on any atom is -0.378 e. The van der Waals surface area contributed by atoms with E-state index in [1.807, 2.05) is 6.92 Å². The van der Waals surface area contributed by atoms with Gasteiger partial charge in [0.1, 0.15) is 4.21 Å². The fraction of sp³-hybridized carbons (Fsp3) is 0.667. The molecule has 1 aliphatic heterocycles. The normalized spacial score (nSPS) is 20.6. The van der Waals surface area contributed by atoms with E-state index in [-0.39, 0.29) is 6.10 Å². The minimum absolute atomic E-state index is 0.202. The van der Waals surface area contributed by atoms with E-state index in [0.29, 0.717) is 10.8 Å². The molecule has 1 saturated heterocycles. The topological polar surface area (TPSA) is 55.4 Å². The highest BCUT2D eigenvalue weighted by atomic mass is 79.9. The van der Waals surface area contributed by atoms with Crippen LogP contribution < -0.4 is 4.72 Å². The summed E-state index contributed by atoms with van der Waals surface area (Å²) in [5, 5.41) is 0. The number of nitrogens with one attached hydrogen (secondary N) is 1. The fourth-order valence-electron chi connectivity index (χ4n) is 2.02. The Morgan fingerprint density at radius 3 is 2.89 bits per heavy atom. The predicted molar refractivity (Wildman–Crippen MR) is 80.2 cm³/mol. The Hall–Kier alpha value is 0.0500. The second-order valence-corrected chi connectivity index (χ2v) is 9.06. The van der Waals surface area contributed by atoms with Gasteiger partial charge in [0.2, 0.25) is 10.0 Å². The van der Waals surface area contributed by atoms with Crippen molar-refractivity contribution in [2.75, 3.05) is 13.2 Å². The van der Waals surface area contributed by atoms with E-state index in [1.54, 1.807) is 6.07 Å². The first kappa shape index (κ1) is 15.4. The number of thiophene rings is 1. The lowest BCUT2D eigenvalue weighted by Crippen LogP contribution is -2.29. The predicted octanol–water partition coefficient (Wildman–Crippen LogP) is 3.06. The van der Waals surface area contributed by atoms with Crippen LogP contribution in [0.3, 0.4) is 0 Å². The molecule has 2 heterocycles. The summed E-state index contributed by atoms with van der Waals surface area (Å²) < 4.78 is 33.6. The molecule has 1 aromatic heterocycles. The van der Waals surface area contributed by atoms with Crippen molar-refractivity contribution in [1.82, 2.24) is 4.72 Å². The molecule has 0 aromatic carbocycles. The van der Waals surface area contributed by atoms with Gasteiger partial charge in [0.05, 0.1) is 9.89 Å². The largest absolute Gasteiger partial charge is 0.378 e. The Morgan fingerprint density at radius 1 is 1.53 bits per heavy atom. The molecule has 0 saturated carbocycles. The molecule has 1 fully saturated rings. The van der Waals surface area contributed by atoms with Gasteiger partial charge >= 0.3 is 0 Å². The standard InChI is InChI=1S/C12H18BrNO3S2/c1-9-8-11(18-12(9)13)19(15,16)14-6-5-10-4-2-3-7-17-10/h8,10,14H,2-7H2,1H3. The third kappa shape index (κ3) is 4.26. The number of ether oxygens (including phenoxy) is 1. The van der Waals surface area contributed by atoms with E-state index >= 15 is 0 Å². The third-order valence-electron chi connectivity index (χ3n) is 3.13. The van der Waals surface area contributed by atoms with Gasteiger partial charge in [-0.2, -0.15) is 0 Å². The average molecular weight is 368 g/mol.